The van der Waals surface area contributed by atoms with E-state index in [1.165, 1.54) is 0 Å². The van der Waals surface area contributed by atoms with E-state index in [2.05, 4.69) is 23.2 Å². The highest BCUT2D eigenvalue weighted by atomic mass is 14.7. The lowest BCUT2D eigenvalue weighted by atomic mass is 10.1. The molecule has 0 saturated heterocycles. The summed E-state index contributed by atoms with van der Waals surface area (Å²) >= 11 is 0. The molecule has 1 heteroatoms. The van der Waals surface area contributed by atoms with Gasteiger partial charge in [-0.3, -0.25) is 4.98 Å². The van der Waals surface area contributed by atoms with E-state index in [9.17, 15) is 0 Å². The third kappa shape index (κ3) is 1.75. The molecule has 0 aliphatic heterocycles. The fourth-order valence-corrected chi connectivity index (χ4v) is 1.21. The zero-order valence-electron chi connectivity index (χ0n) is 7.49. The number of aromatic nitrogens is 1. The van der Waals surface area contributed by atoms with Crippen LogP contribution in [0.15, 0.2) is 42.6 Å². The Morgan fingerprint density at radius 2 is 2.08 bits per heavy atom. The van der Waals surface area contributed by atoms with Crippen LogP contribution in [0.2, 0.25) is 0 Å². The van der Waals surface area contributed by atoms with Gasteiger partial charge in [-0.05, 0) is 30.7 Å². The monoisotopic (exact) mass is 168 g/mol. The van der Waals surface area contributed by atoms with Gasteiger partial charge in [0, 0.05) is 17.5 Å². The van der Waals surface area contributed by atoms with E-state index >= 15 is 0 Å². The minimum absolute atomic E-state index is 1.05. The van der Waals surface area contributed by atoms with Crippen LogP contribution in [0.5, 0.6) is 0 Å². The molecular formula is C12H10N. The van der Waals surface area contributed by atoms with Crippen LogP contribution >= 0.6 is 0 Å². The molecule has 0 saturated carbocycles. The molecule has 0 aliphatic rings. The maximum atomic E-state index is 4.24. The van der Waals surface area contributed by atoms with Crippen molar-refractivity contribution in [3.63, 3.8) is 0 Å². The third-order valence-electron chi connectivity index (χ3n) is 1.95. The molecule has 1 aromatic carbocycles. The highest BCUT2D eigenvalue weighted by Gasteiger charge is 1.95. The summed E-state index contributed by atoms with van der Waals surface area (Å²) in [6.07, 6.45) is 1.89. The first-order valence-electron chi connectivity index (χ1n) is 4.25. The second-order valence-electron chi connectivity index (χ2n) is 2.98. The molecule has 1 nitrogen and oxygen atoms in total. The Morgan fingerprint density at radius 1 is 1.15 bits per heavy atom. The van der Waals surface area contributed by atoms with Gasteiger partial charge in [-0.15, -0.1) is 0 Å². The van der Waals surface area contributed by atoms with E-state index < -0.39 is 0 Å². The van der Waals surface area contributed by atoms with Gasteiger partial charge in [-0.2, -0.15) is 0 Å². The van der Waals surface area contributed by atoms with Crippen molar-refractivity contribution < 1.29 is 0 Å². The molecule has 0 spiro atoms. The molecular weight excluding hydrogens is 158 g/mol. The molecule has 1 aromatic heterocycles. The largest absolute Gasteiger partial charge is 0.261 e. The van der Waals surface area contributed by atoms with Crippen molar-refractivity contribution in [2.24, 2.45) is 0 Å². The highest BCUT2D eigenvalue weighted by Crippen LogP contribution is 2.16. The first-order chi connectivity index (χ1) is 6.36. The number of benzene rings is 1. The molecule has 1 radical (unpaired) electrons. The topological polar surface area (TPSA) is 12.9 Å². The second kappa shape index (κ2) is 3.40. The van der Waals surface area contributed by atoms with Gasteiger partial charge in [0.15, 0.2) is 0 Å². The van der Waals surface area contributed by atoms with Crippen LogP contribution < -0.4 is 0 Å². The van der Waals surface area contributed by atoms with E-state index in [0.717, 1.165) is 16.8 Å². The van der Waals surface area contributed by atoms with Crippen molar-refractivity contribution in [3.8, 4) is 11.1 Å². The number of aryl methyl sites for hydroxylation is 1. The molecule has 1 heterocycles. The Kier molecular flexibility index (Phi) is 2.09. The minimum Gasteiger partial charge on any atom is -0.261 e. The SMILES string of the molecule is Cc1ccc(-c2c[c]ccc2)cn1. The molecule has 2 rings (SSSR count). The van der Waals surface area contributed by atoms with Crippen LogP contribution in [-0.2, 0) is 0 Å². The molecule has 0 atom stereocenters. The summed E-state index contributed by atoms with van der Waals surface area (Å²) in [5, 5.41) is 0. The summed E-state index contributed by atoms with van der Waals surface area (Å²) in [7, 11) is 0. The summed E-state index contributed by atoms with van der Waals surface area (Å²) < 4.78 is 0. The number of rotatable bonds is 1. The summed E-state index contributed by atoms with van der Waals surface area (Å²) in [5.41, 5.74) is 3.35. The lowest BCUT2D eigenvalue weighted by molar-refractivity contribution is 1.20. The Hall–Kier alpha value is -1.63. The minimum atomic E-state index is 1.05. The first kappa shape index (κ1) is 7.99. The number of hydrogen-bond acceptors (Lipinski definition) is 1. The van der Waals surface area contributed by atoms with Gasteiger partial charge < -0.3 is 0 Å². The van der Waals surface area contributed by atoms with Crippen LogP contribution in [0.1, 0.15) is 5.69 Å². The van der Waals surface area contributed by atoms with E-state index in [1.54, 1.807) is 0 Å². The van der Waals surface area contributed by atoms with Gasteiger partial charge >= 0.3 is 0 Å². The Balaban J connectivity index is 2.42. The molecule has 0 aliphatic carbocycles. The number of hydrogen-bond donors (Lipinski definition) is 0. The van der Waals surface area contributed by atoms with E-state index in [0.29, 0.717) is 0 Å². The second-order valence-corrected chi connectivity index (χ2v) is 2.98. The fraction of sp³-hybridized carbons (Fsp3) is 0.0833. The van der Waals surface area contributed by atoms with Gasteiger partial charge in [0.25, 0.3) is 0 Å². The lowest BCUT2D eigenvalue weighted by Gasteiger charge is -1.99. The maximum Gasteiger partial charge on any atom is 0.0373 e. The summed E-state index contributed by atoms with van der Waals surface area (Å²) in [6, 6.07) is 15.0. The summed E-state index contributed by atoms with van der Waals surface area (Å²) in [4.78, 5) is 4.24. The van der Waals surface area contributed by atoms with Crippen LogP contribution in [-0.4, -0.2) is 4.98 Å². The van der Waals surface area contributed by atoms with Crippen molar-refractivity contribution in [3.05, 3.63) is 54.4 Å². The summed E-state index contributed by atoms with van der Waals surface area (Å²) in [6.45, 7) is 1.99. The average molecular weight is 168 g/mol. The molecule has 13 heavy (non-hydrogen) atoms. The Morgan fingerprint density at radius 3 is 2.69 bits per heavy atom. The average Bonchev–Trinajstić information content (AvgIpc) is 2.20. The van der Waals surface area contributed by atoms with E-state index in [-0.39, 0.29) is 0 Å². The van der Waals surface area contributed by atoms with E-state index in [4.69, 9.17) is 0 Å². The van der Waals surface area contributed by atoms with Crippen molar-refractivity contribution >= 4 is 0 Å². The quantitative estimate of drug-likeness (QED) is 0.638. The smallest absolute Gasteiger partial charge is 0.0373 e. The first-order valence-corrected chi connectivity index (χ1v) is 4.25. The van der Waals surface area contributed by atoms with Crippen LogP contribution in [0.4, 0.5) is 0 Å². The lowest BCUT2D eigenvalue weighted by Crippen LogP contribution is -1.81. The number of nitrogens with zero attached hydrogens (tertiary/aromatic N) is 1. The Labute approximate surface area is 78.1 Å². The third-order valence-corrected chi connectivity index (χ3v) is 1.95. The van der Waals surface area contributed by atoms with Crippen molar-refractivity contribution in [1.82, 2.24) is 4.98 Å². The van der Waals surface area contributed by atoms with Gasteiger partial charge in [0.1, 0.15) is 0 Å². The Bertz CT molecular complexity index is 376. The van der Waals surface area contributed by atoms with Crippen LogP contribution in [0.25, 0.3) is 11.1 Å². The zero-order valence-corrected chi connectivity index (χ0v) is 7.49. The fourth-order valence-electron chi connectivity index (χ4n) is 1.21. The molecule has 0 N–H and O–H groups in total. The molecule has 0 bridgehead atoms. The van der Waals surface area contributed by atoms with Crippen molar-refractivity contribution in [2.75, 3.05) is 0 Å². The maximum absolute atomic E-state index is 4.24. The van der Waals surface area contributed by atoms with Gasteiger partial charge in [-0.25, -0.2) is 0 Å². The number of pyridine rings is 1. The van der Waals surface area contributed by atoms with E-state index in [1.807, 2.05) is 37.4 Å². The van der Waals surface area contributed by atoms with Crippen molar-refractivity contribution in [1.29, 1.82) is 0 Å². The van der Waals surface area contributed by atoms with Gasteiger partial charge in [0.05, 0.1) is 0 Å². The van der Waals surface area contributed by atoms with Crippen LogP contribution in [0, 0.1) is 13.0 Å². The molecule has 2 aromatic rings. The highest BCUT2D eigenvalue weighted by molar-refractivity contribution is 5.61. The van der Waals surface area contributed by atoms with Crippen molar-refractivity contribution in [2.45, 2.75) is 6.92 Å². The molecule has 63 valence electrons. The van der Waals surface area contributed by atoms with Crippen LogP contribution in [0.3, 0.4) is 0 Å². The molecule has 0 fully saturated rings. The van der Waals surface area contributed by atoms with Gasteiger partial charge in [-0.1, -0.05) is 24.3 Å². The predicted octanol–water partition coefficient (Wildman–Crippen LogP) is 2.86. The molecule has 0 amide bonds. The molecule has 0 unspecified atom stereocenters. The standard InChI is InChI=1S/C12H10N/c1-10-7-8-12(9-13-10)11-5-3-2-4-6-11/h2-3,5-9H,1H3. The van der Waals surface area contributed by atoms with Gasteiger partial charge in [0.2, 0.25) is 0 Å². The summed E-state index contributed by atoms with van der Waals surface area (Å²) in [5.74, 6) is 0. The predicted molar refractivity (Wildman–Crippen MR) is 53.2 cm³/mol. The zero-order chi connectivity index (χ0) is 9.10. The normalized spacial score (nSPS) is 9.92.